The van der Waals surface area contributed by atoms with Crippen LogP contribution in [0.1, 0.15) is 63.9 Å². The van der Waals surface area contributed by atoms with E-state index in [-0.39, 0.29) is 31.2 Å². The SMILES string of the molecule is CNC(C)C(=O)N1CCC(NS(=O)(=O)c2cccc(C(F)(F)F)c2)CC1C(=O)NC(CC1CCCCC1)C(N)=O. The second-order valence-electron chi connectivity index (χ2n) is 10.6. The molecular formula is C26H38F3N5O5S. The highest BCUT2D eigenvalue weighted by Crippen LogP contribution is 2.31. The fraction of sp³-hybridized carbons (Fsp3) is 0.654. The number of nitrogens with one attached hydrogen (secondary N) is 3. The number of nitrogens with two attached hydrogens (primary N) is 1. The monoisotopic (exact) mass is 589 g/mol. The summed E-state index contributed by atoms with van der Waals surface area (Å²) in [7, 11) is -2.79. The Morgan fingerprint density at radius 2 is 1.80 bits per heavy atom. The molecule has 3 amide bonds. The van der Waals surface area contributed by atoms with Gasteiger partial charge in [-0.3, -0.25) is 14.4 Å². The molecule has 1 aromatic rings. The molecule has 0 radical (unpaired) electrons. The number of hydrogen-bond donors (Lipinski definition) is 4. The summed E-state index contributed by atoms with van der Waals surface area (Å²) in [5.74, 6) is -1.49. The number of nitrogens with zero attached hydrogens (tertiary/aromatic N) is 1. The van der Waals surface area contributed by atoms with E-state index in [2.05, 4.69) is 15.4 Å². The van der Waals surface area contributed by atoms with Crippen LogP contribution in [0.5, 0.6) is 0 Å². The first kappa shape index (κ1) is 31.8. The summed E-state index contributed by atoms with van der Waals surface area (Å²) in [4.78, 5) is 39.5. The number of piperidine rings is 1. The largest absolute Gasteiger partial charge is 0.416 e. The van der Waals surface area contributed by atoms with Gasteiger partial charge in [0.05, 0.1) is 16.5 Å². The Kier molecular flexibility index (Phi) is 10.6. The Morgan fingerprint density at radius 3 is 2.40 bits per heavy atom. The van der Waals surface area contributed by atoms with E-state index in [0.717, 1.165) is 50.3 Å². The van der Waals surface area contributed by atoms with Crippen LogP contribution in [0.3, 0.4) is 0 Å². The third-order valence-corrected chi connectivity index (χ3v) is 9.26. The maximum Gasteiger partial charge on any atom is 0.416 e. The maximum atomic E-state index is 13.5. The lowest BCUT2D eigenvalue weighted by atomic mass is 9.84. The lowest BCUT2D eigenvalue weighted by Gasteiger charge is -2.40. The summed E-state index contributed by atoms with van der Waals surface area (Å²) in [5, 5.41) is 5.51. The molecule has 3 rings (SSSR count). The zero-order chi connectivity index (χ0) is 29.7. The number of alkyl halides is 3. The van der Waals surface area contributed by atoms with Crippen molar-refractivity contribution in [2.75, 3.05) is 13.6 Å². The molecule has 5 N–H and O–H groups in total. The second kappa shape index (κ2) is 13.3. The lowest BCUT2D eigenvalue weighted by molar-refractivity contribution is -0.144. The van der Waals surface area contributed by atoms with Gasteiger partial charge in [0.15, 0.2) is 0 Å². The van der Waals surface area contributed by atoms with Crippen molar-refractivity contribution in [3.63, 3.8) is 0 Å². The molecule has 0 aromatic heterocycles. The van der Waals surface area contributed by atoms with Crippen LogP contribution >= 0.6 is 0 Å². The molecule has 2 aliphatic rings. The van der Waals surface area contributed by atoms with Crippen LogP contribution in [0.4, 0.5) is 13.2 Å². The Hall–Kier alpha value is -2.71. The molecule has 4 atom stereocenters. The van der Waals surface area contributed by atoms with E-state index < -0.39 is 62.6 Å². The van der Waals surface area contributed by atoms with Crippen LogP contribution in [0, 0.1) is 5.92 Å². The number of benzene rings is 1. The van der Waals surface area contributed by atoms with Gasteiger partial charge in [-0.15, -0.1) is 0 Å². The minimum atomic E-state index is -4.72. The standard InChI is InChI=1S/C26H38F3N5O5S/c1-16(31-2)25(37)34-12-11-19(33-40(38,39)20-10-6-9-18(14-20)26(27,28)29)15-22(34)24(36)32-21(23(30)35)13-17-7-4-3-5-8-17/h6,9-10,14,16-17,19,21-22,31,33H,3-5,7-8,11-13,15H2,1-2H3,(H2,30,35)(H,32,36). The Labute approximate surface area is 232 Å². The van der Waals surface area contributed by atoms with Gasteiger partial charge in [0, 0.05) is 12.6 Å². The molecule has 14 heteroatoms. The number of likely N-dealkylation sites (N-methyl/N-ethyl adjacent to an activating group) is 1. The van der Waals surface area contributed by atoms with E-state index in [9.17, 15) is 36.0 Å². The zero-order valence-corrected chi connectivity index (χ0v) is 23.5. The molecule has 1 aromatic carbocycles. The highest BCUT2D eigenvalue weighted by Gasteiger charge is 2.40. The van der Waals surface area contributed by atoms with Crippen molar-refractivity contribution in [1.29, 1.82) is 0 Å². The number of sulfonamides is 1. The molecule has 0 bridgehead atoms. The normalized spacial score (nSPS) is 22.4. The zero-order valence-electron chi connectivity index (χ0n) is 22.7. The van der Waals surface area contributed by atoms with Crippen molar-refractivity contribution in [2.45, 2.75) is 93.5 Å². The number of carbonyl (C=O) groups excluding carboxylic acids is 3. The topological polar surface area (TPSA) is 151 Å². The predicted octanol–water partition coefficient (Wildman–Crippen LogP) is 1.89. The first-order valence-electron chi connectivity index (χ1n) is 13.5. The first-order valence-corrected chi connectivity index (χ1v) is 15.0. The van der Waals surface area contributed by atoms with Gasteiger partial charge in [-0.05, 0) is 57.4 Å². The van der Waals surface area contributed by atoms with Crippen LogP contribution in [0.15, 0.2) is 29.2 Å². The molecule has 4 unspecified atom stereocenters. The van der Waals surface area contributed by atoms with Crippen molar-refractivity contribution in [3.8, 4) is 0 Å². The minimum absolute atomic E-state index is 0.0164. The molecule has 10 nitrogen and oxygen atoms in total. The van der Waals surface area contributed by atoms with E-state index in [0.29, 0.717) is 12.5 Å². The van der Waals surface area contributed by atoms with Crippen molar-refractivity contribution in [1.82, 2.24) is 20.3 Å². The van der Waals surface area contributed by atoms with Gasteiger partial charge >= 0.3 is 6.18 Å². The van der Waals surface area contributed by atoms with E-state index in [4.69, 9.17) is 5.73 Å². The van der Waals surface area contributed by atoms with E-state index >= 15 is 0 Å². The van der Waals surface area contributed by atoms with Crippen molar-refractivity contribution >= 4 is 27.7 Å². The van der Waals surface area contributed by atoms with E-state index in [1.54, 1.807) is 14.0 Å². The van der Waals surface area contributed by atoms with Crippen molar-refractivity contribution in [2.24, 2.45) is 11.7 Å². The van der Waals surface area contributed by atoms with Crippen LogP contribution in [0.25, 0.3) is 0 Å². The summed E-state index contributed by atoms with van der Waals surface area (Å²) in [6.45, 7) is 1.64. The predicted molar refractivity (Wildman–Crippen MR) is 141 cm³/mol. The number of likely N-dealkylation sites (tertiary alicyclic amines) is 1. The quantitative estimate of drug-likeness (QED) is 0.327. The summed E-state index contributed by atoms with van der Waals surface area (Å²) in [6.07, 6.45) is 0.672. The van der Waals surface area contributed by atoms with Crippen LogP contribution in [-0.4, -0.2) is 68.8 Å². The highest BCUT2D eigenvalue weighted by molar-refractivity contribution is 7.89. The average molecular weight is 590 g/mol. The number of primary amides is 1. The van der Waals surface area contributed by atoms with Gasteiger partial charge < -0.3 is 21.3 Å². The average Bonchev–Trinajstić information content (AvgIpc) is 2.91. The third-order valence-electron chi connectivity index (χ3n) is 7.74. The number of amides is 3. The number of halogens is 3. The molecule has 1 saturated carbocycles. The lowest BCUT2D eigenvalue weighted by Crippen LogP contribution is -2.61. The van der Waals surface area contributed by atoms with Crippen molar-refractivity contribution in [3.05, 3.63) is 29.8 Å². The molecule has 1 heterocycles. The van der Waals surface area contributed by atoms with Gasteiger partial charge in [-0.25, -0.2) is 13.1 Å². The number of rotatable bonds is 10. The van der Waals surface area contributed by atoms with Gasteiger partial charge in [-0.1, -0.05) is 38.2 Å². The molecule has 1 saturated heterocycles. The Bertz CT molecular complexity index is 1170. The molecule has 0 spiro atoms. The van der Waals surface area contributed by atoms with E-state index in [1.165, 1.54) is 4.90 Å². The molecule has 2 fully saturated rings. The second-order valence-corrected chi connectivity index (χ2v) is 12.3. The molecule has 40 heavy (non-hydrogen) atoms. The molecule has 224 valence electrons. The molecule has 1 aliphatic heterocycles. The summed E-state index contributed by atoms with van der Waals surface area (Å²) in [6, 6.07) is -0.187. The van der Waals surface area contributed by atoms with Gasteiger partial charge in [0.2, 0.25) is 27.7 Å². The smallest absolute Gasteiger partial charge is 0.368 e. The summed E-state index contributed by atoms with van der Waals surface area (Å²) < 4.78 is 67.8. The van der Waals surface area contributed by atoms with E-state index in [1.807, 2.05) is 0 Å². The van der Waals surface area contributed by atoms with Gasteiger partial charge in [-0.2, -0.15) is 13.2 Å². The van der Waals surface area contributed by atoms with Crippen LogP contribution in [0.2, 0.25) is 0 Å². The summed E-state index contributed by atoms with van der Waals surface area (Å²) in [5.41, 5.74) is 4.49. The Morgan fingerprint density at radius 1 is 1.12 bits per heavy atom. The number of carbonyl (C=O) groups is 3. The number of hydrogen-bond acceptors (Lipinski definition) is 6. The third kappa shape index (κ3) is 8.16. The maximum absolute atomic E-state index is 13.5. The molecule has 1 aliphatic carbocycles. The fourth-order valence-electron chi connectivity index (χ4n) is 5.35. The fourth-order valence-corrected chi connectivity index (χ4v) is 6.68. The summed E-state index contributed by atoms with van der Waals surface area (Å²) >= 11 is 0. The molecular weight excluding hydrogens is 551 g/mol. The minimum Gasteiger partial charge on any atom is -0.368 e. The van der Waals surface area contributed by atoms with Crippen LogP contribution < -0.4 is 21.1 Å². The van der Waals surface area contributed by atoms with Crippen molar-refractivity contribution < 1.29 is 36.0 Å². The van der Waals surface area contributed by atoms with Crippen LogP contribution in [-0.2, 0) is 30.6 Å². The van der Waals surface area contributed by atoms with Gasteiger partial charge in [0.1, 0.15) is 12.1 Å². The first-order chi connectivity index (χ1) is 18.7. The highest BCUT2D eigenvalue weighted by atomic mass is 32.2. The van der Waals surface area contributed by atoms with Gasteiger partial charge in [0.25, 0.3) is 0 Å². The Balaban J connectivity index is 1.80.